The molecule has 0 saturated heterocycles. The van der Waals surface area contributed by atoms with E-state index in [1.165, 1.54) is 5.56 Å². The SMILES string of the molecule is CC(Oc1cccc(S)c1)c1ccccc1. The molecule has 1 unspecified atom stereocenters. The number of hydrogen-bond acceptors (Lipinski definition) is 2. The molecule has 2 aromatic rings. The Kier molecular flexibility index (Phi) is 3.52. The number of benzene rings is 2. The first-order chi connectivity index (χ1) is 7.75. The van der Waals surface area contributed by atoms with Crippen LogP contribution in [-0.4, -0.2) is 0 Å². The van der Waals surface area contributed by atoms with Gasteiger partial charge in [0.25, 0.3) is 0 Å². The minimum absolute atomic E-state index is 0.0522. The van der Waals surface area contributed by atoms with Crippen molar-refractivity contribution in [2.45, 2.75) is 17.9 Å². The second-order valence-corrected chi connectivity index (χ2v) is 4.18. The van der Waals surface area contributed by atoms with E-state index < -0.39 is 0 Å². The first kappa shape index (κ1) is 11.1. The van der Waals surface area contributed by atoms with Crippen molar-refractivity contribution < 1.29 is 4.74 Å². The molecular weight excluding hydrogens is 216 g/mol. The Morgan fingerprint density at radius 1 is 1.00 bits per heavy atom. The van der Waals surface area contributed by atoms with Crippen LogP contribution < -0.4 is 4.74 Å². The van der Waals surface area contributed by atoms with Crippen LogP contribution in [0.5, 0.6) is 5.75 Å². The molecule has 2 rings (SSSR count). The van der Waals surface area contributed by atoms with Crippen LogP contribution in [0, 0.1) is 0 Å². The van der Waals surface area contributed by atoms with Gasteiger partial charge in [0, 0.05) is 4.90 Å². The van der Waals surface area contributed by atoms with E-state index in [0.29, 0.717) is 0 Å². The minimum atomic E-state index is 0.0522. The highest BCUT2D eigenvalue weighted by atomic mass is 32.1. The van der Waals surface area contributed by atoms with E-state index in [2.05, 4.69) is 24.8 Å². The van der Waals surface area contributed by atoms with E-state index in [1.807, 2.05) is 49.4 Å². The van der Waals surface area contributed by atoms with E-state index in [-0.39, 0.29) is 6.10 Å². The van der Waals surface area contributed by atoms with Gasteiger partial charge in [0.1, 0.15) is 11.9 Å². The molecule has 0 amide bonds. The minimum Gasteiger partial charge on any atom is -0.486 e. The molecule has 1 atom stereocenters. The van der Waals surface area contributed by atoms with Crippen molar-refractivity contribution in [2.75, 3.05) is 0 Å². The average molecular weight is 230 g/mol. The van der Waals surface area contributed by atoms with Crippen LogP contribution in [0.3, 0.4) is 0 Å². The van der Waals surface area contributed by atoms with Gasteiger partial charge in [0.05, 0.1) is 0 Å². The lowest BCUT2D eigenvalue weighted by Gasteiger charge is -2.15. The molecule has 0 aliphatic carbocycles. The normalized spacial score (nSPS) is 12.1. The molecule has 0 bridgehead atoms. The Bertz CT molecular complexity index is 453. The zero-order valence-electron chi connectivity index (χ0n) is 9.13. The highest BCUT2D eigenvalue weighted by Crippen LogP contribution is 2.23. The predicted octanol–water partition coefficient (Wildman–Crippen LogP) is 4.12. The summed E-state index contributed by atoms with van der Waals surface area (Å²) < 4.78 is 5.83. The van der Waals surface area contributed by atoms with Gasteiger partial charge in [-0.05, 0) is 30.7 Å². The van der Waals surface area contributed by atoms with Gasteiger partial charge in [-0.15, -0.1) is 12.6 Å². The smallest absolute Gasteiger partial charge is 0.121 e. The van der Waals surface area contributed by atoms with Crippen molar-refractivity contribution in [3.05, 3.63) is 60.2 Å². The molecule has 0 N–H and O–H groups in total. The Labute approximate surface area is 101 Å². The average Bonchev–Trinajstić information content (AvgIpc) is 2.30. The molecule has 0 aliphatic heterocycles. The summed E-state index contributed by atoms with van der Waals surface area (Å²) in [6.45, 7) is 2.04. The van der Waals surface area contributed by atoms with Crippen molar-refractivity contribution in [2.24, 2.45) is 0 Å². The molecular formula is C14H14OS. The lowest BCUT2D eigenvalue weighted by molar-refractivity contribution is 0.226. The van der Waals surface area contributed by atoms with E-state index >= 15 is 0 Å². The quantitative estimate of drug-likeness (QED) is 0.780. The third-order valence-electron chi connectivity index (χ3n) is 2.40. The highest BCUT2D eigenvalue weighted by molar-refractivity contribution is 7.80. The first-order valence-corrected chi connectivity index (χ1v) is 5.71. The Morgan fingerprint density at radius 2 is 1.75 bits per heavy atom. The number of hydrogen-bond donors (Lipinski definition) is 1. The van der Waals surface area contributed by atoms with Gasteiger partial charge in [-0.25, -0.2) is 0 Å². The molecule has 0 radical (unpaired) electrons. The van der Waals surface area contributed by atoms with Crippen LogP contribution in [0.4, 0.5) is 0 Å². The zero-order chi connectivity index (χ0) is 11.4. The summed E-state index contributed by atoms with van der Waals surface area (Å²) >= 11 is 4.28. The lowest BCUT2D eigenvalue weighted by Crippen LogP contribution is -2.02. The summed E-state index contributed by atoms with van der Waals surface area (Å²) in [5.41, 5.74) is 1.17. The van der Waals surface area contributed by atoms with Crippen molar-refractivity contribution in [1.29, 1.82) is 0 Å². The molecule has 1 nitrogen and oxygen atoms in total. The van der Waals surface area contributed by atoms with Gasteiger partial charge in [0.2, 0.25) is 0 Å². The maximum atomic E-state index is 5.83. The number of thiol groups is 1. The summed E-state index contributed by atoms with van der Waals surface area (Å²) in [7, 11) is 0. The summed E-state index contributed by atoms with van der Waals surface area (Å²) in [5.74, 6) is 0.851. The molecule has 0 aliphatic rings. The summed E-state index contributed by atoms with van der Waals surface area (Å²) in [6, 6.07) is 17.9. The number of ether oxygens (including phenoxy) is 1. The van der Waals surface area contributed by atoms with Crippen LogP contribution >= 0.6 is 12.6 Å². The predicted molar refractivity (Wildman–Crippen MR) is 69.2 cm³/mol. The Hall–Kier alpha value is -1.41. The van der Waals surface area contributed by atoms with E-state index in [0.717, 1.165) is 10.6 Å². The van der Waals surface area contributed by atoms with Crippen molar-refractivity contribution in [3.8, 4) is 5.75 Å². The maximum Gasteiger partial charge on any atom is 0.121 e. The lowest BCUT2D eigenvalue weighted by atomic mass is 10.1. The van der Waals surface area contributed by atoms with Gasteiger partial charge in [-0.3, -0.25) is 0 Å². The molecule has 0 fully saturated rings. The van der Waals surface area contributed by atoms with Gasteiger partial charge in [-0.1, -0.05) is 36.4 Å². The van der Waals surface area contributed by atoms with Gasteiger partial charge in [0.15, 0.2) is 0 Å². The molecule has 0 heterocycles. The van der Waals surface area contributed by atoms with Gasteiger partial charge >= 0.3 is 0 Å². The summed E-state index contributed by atoms with van der Waals surface area (Å²) in [6.07, 6.45) is 0.0522. The third kappa shape index (κ3) is 2.80. The van der Waals surface area contributed by atoms with Crippen molar-refractivity contribution >= 4 is 12.6 Å². The van der Waals surface area contributed by atoms with Crippen LogP contribution in [0.1, 0.15) is 18.6 Å². The van der Waals surface area contributed by atoms with Crippen molar-refractivity contribution in [3.63, 3.8) is 0 Å². The van der Waals surface area contributed by atoms with E-state index in [1.54, 1.807) is 0 Å². The van der Waals surface area contributed by atoms with E-state index in [9.17, 15) is 0 Å². The van der Waals surface area contributed by atoms with Crippen molar-refractivity contribution in [1.82, 2.24) is 0 Å². The zero-order valence-corrected chi connectivity index (χ0v) is 10.0. The largest absolute Gasteiger partial charge is 0.486 e. The van der Waals surface area contributed by atoms with Crippen LogP contribution in [0.2, 0.25) is 0 Å². The maximum absolute atomic E-state index is 5.83. The van der Waals surface area contributed by atoms with E-state index in [4.69, 9.17) is 4.74 Å². The molecule has 0 saturated carbocycles. The molecule has 2 aromatic carbocycles. The first-order valence-electron chi connectivity index (χ1n) is 5.26. The van der Waals surface area contributed by atoms with Crippen LogP contribution in [0.25, 0.3) is 0 Å². The fraction of sp³-hybridized carbons (Fsp3) is 0.143. The summed E-state index contributed by atoms with van der Waals surface area (Å²) in [4.78, 5) is 0.915. The topological polar surface area (TPSA) is 9.23 Å². The Balaban J connectivity index is 2.11. The second kappa shape index (κ2) is 5.08. The van der Waals surface area contributed by atoms with Crippen LogP contribution in [0.15, 0.2) is 59.5 Å². The molecule has 0 aromatic heterocycles. The molecule has 0 spiro atoms. The molecule has 82 valence electrons. The monoisotopic (exact) mass is 230 g/mol. The fourth-order valence-corrected chi connectivity index (χ4v) is 1.77. The molecule has 16 heavy (non-hydrogen) atoms. The van der Waals surface area contributed by atoms with Gasteiger partial charge < -0.3 is 4.74 Å². The second-order valence-electron chi connectivity index (χ2n) is 3.67. The summed E-state index contributed by atoms with van der Waals surface area (Å²) in [5, 5.41) is 0. The fourth-order valence-electron chi connectivity index (χ4n) is 1.55. The Morgan fingerprint density at radius 3 is 2.44 bits per heavy atom. The number of rotatable bonds is 3. The molecule has 2 heteroatoms. The third-order valence-corrected chi connectivity index (χ3v) is 2.68. The van der Waals surface area contributed by atoms with Gasteiger partial charge in [-0.2, -0.15) is 0 Å². The highest BCUT2D eigenvalue weighted by Gasteiger charge is 2.06. The standard InChI is InChI=1S/C14H14OS/c1-11(12-6-3-2-4-7-12)15-13-8-5-9-14(16)10-13/h2-11,16H,1H3. The van der Waals surface area contributed by atoms with Crippen LogP contribution in [-0.2, 0) is 0 Å².